The Kier molecular flexibility index (Phi) is 4.97. The summed E-state index contributed by atoms with van der Waals surface area (Å²) in [5.41, 5.74) is 0.329. The topological polar surface area (TPSA) is 75.7 Å². The number of carbonyl (C=O) groups is 1. The van der Waals surface area contributed by atoms with E-state index in [4.69, 9.17) is 0 Å². The predicted molar refractivity (Wildman–Crippen MR) is 78.6 cm³/mol. The number of esters is 1. The molecule has 1 aliphatic rings. The predicted octanol–water partition coefficient (Wildman–Crippen LogP) is 0.846. The zero-order chi connectivity index (χ0) is 15.5. The highest BCUT2D eigenvalue weighted by Crippen LogP contribution is 2.15. The van der Waals surface area contributed by atoms with Crippen LogP contribution >= 0.6 is 0 Å². The summed E-state index contributed by atoms with van der Waals surface area (Å²) >= 11 is 0. The molecule has 6 nitrogen and oxygen atoms in total. The quantitative estimate of drug-likeness (QED) is 0.834. The second-order valence-electron chi connectivity index (χ2n) is 5.21. The van der Waals surface area contributed by atoms with Gasteiger partial charge in [-0.15, -0.1) is 0 Å². The maximum atomic E-state index is 12.3. The molecule has 0 unspecified atom stereocenters. The Hall–Kier alpha value is -1.44. The Balaban J connectivity index is 2.07. The van der Waals surface area contributed by atoms with Crippen LogP contribution in [-0.2, 0) is 14.8 Å². The van der Waals surface area contributed by atoms with Crippen LogP contribution in [0.25, 0.3) is 0 Å². The summed E-state index contributed by atoms with van der Waals surface area (Å²) in [4.78, 5) is 13.7. The summed E-state index contributed by atoms with van der Waals surface area (Å²) in [6.45, 7) is 1.77. The van der Waals surface area contributed by atoms with Gasteiger partial charge in [0.25, 0.3) is 0 Å². The number of carbonyl (C=O) groups excluding carboxylic acids is 1. The van der Waals surface area contributed by atoms with E-state index in [1.165, 1.54) is 31.4 Å². The van der Waals surface area contributed by atoms with E-state index in [0.717, 1.165) is 25.9 Å². The lowest BCUT2D eigenvalue weighted by Crippen LogP contribution is -2.43. The van der Waals surface area contributed by atoms with Crippen molar-refractivity contribution in [2.75, 3.05) is 27.2 Å². The van der Waals surface area contributed by atoms with Crippen molar-refractivity contribution in [3.8, 4) is 0 Å². The van der Waals surface area contributed by atoms with Gasteiger partial charge in [0.2, 0.25) is 10.0 Å². The van der Waals surface area contributed by atoms with Gasteiger partial charge in [-0.3, -0.25) is 0 Å². The van der Waals surface area contributed by atoms with Crippen LogP contribution in [0.3, 0.4) is 0 Å². The fraction of sp³-hybridized carbons (Fsp3) is 0.500. The highest BCUT2D eigenvalue weighted by Gasteiger charge is 2.23. The lowest BCUT2D eigenvalue weighted by atomic mass is 10.1. The summed E-state index contributed by atoms with van der Waals surface area (Å²) in [5.74, 6) is -0.484. The van der Waals surface area contributed by atoms with Gasteiger partial charge < -0.3 is 9.64 Å². The molecule has 0 atom stereocenters. The molecule has 1 aromatic rings. The molecule has 116 valence electrons. The normalized spacial score (nSPS) is 17.6. The van der Waals surface area contributed by atoms with Gasteiger partial charge in [-0.05, 0) is 57.2 Å². The van der Waals surface area contributed by atoms with Gasteiger partial charge in [-0.2, -0.15) is 0 Å². The van der Waals surface area contributed by atoms with Crippen molar-refractivity contribution in [2.24, 2.45) is 0 Å². The maximum Gasteiger partial charge on any atom is 0.337 e. The van der Waals surface area contributed by atoms with Crippen molar-refractivity contribution >= 4 is 16.0 Å². The molecule has 2 rings (SSSR count). The van der Waals surface area contributed by atoms with E-state index in [1.54, 1.807) is 0 Å². The fourth-order valence-electron chi connectivity index (χ4n) is 2.30. The number of nitrogens with zero attached hydrogens (tertiary/aromatic N) is 1. The maximum absolute atomic E-state index is 12.3. The average Bonchev–Trinajstić information content (AvgIpc) is 2.49. The smallest absolute Gasteiger partial charge is 0.337 e. The third-order valence-corrected chi connectivity index (χ3v) is 5.16. The standard InChI is InChI=1S/C14H20N2O4S/c1-16-9-7-12(8-10-16)15-21(18,19)13-5-3-11(4-6-13)14(17)20-2/h3-6,12,15H,7-10H2,1-2H3. The number of hydrogen-bond acceptors (Lipinski definition) is 5. The third kappa shape index (κ3) is 4.03. The molecule has 0 spiro atoms. The molecule has 7 heteroatoms. The van der Waals surface area contributed by atoms with E-state index in [-0.39, 0.29) is 10.9 Å². The van der Waals surface area contributed by atoms with E-state index >= 15 is 0 Å². The van der Waals surface area contributed by atoms with Gasteiger partial charge in [-0.25, -0.2) is 17.9 Å². The first-order valence-electron chi connectivity index (χ1n) is 6.81. The molecule has 0 radical (unpaired) electrons. The molecule has 0 bridgehead atoms. The molecular formula is C14H20N2O4S. The number of sulfonamides is 1. The number of ether oxygens (including phenoxy) is 1. The fourth-order valence-corrected chi connectivity index (χ4v) is 3.61. The van der Waals surface area contributed by atoms with Crippen LogP contribution in [0.15, 0.2) is 29.2 Å². The third-order valence-electron chi connectivity index (χ3n) is 3.63. The highest BCUT2D eigenvalue weighted by atomic mass is 32.2. The molecular weight excluding hydrogens is 292 g/mol. The molecule has 0 aliphatic carbocycles. The van der Waals surface area contributed by atoms with Gasteiger partial charge in [0.05, 0.1) is 17.6 Å². The minimum atomic E-state index is -3.55. The monoisotopic (exact) mass is 312 g/mol. The molecule has 21 heavy (non-hydrogen) atoms. The SMILES string of the molecule is COC(=O)c1ccc(S(=O)(=O)NC2CCN(C)CC2)cc1. The number of piperidine rings is 1. The van der Waals surface area contributed by atoms with Crippen molar-refractivity contribution in [3.05, 3.63) is 29.8 Å². The summed E-state index contributed by atoms with van der Waals surface area (Å²) in [7, 11) is -0.237. The van der Waals surface area contributed by atoms with Crippen molar-refractivity contribution in [1.82, 2.24) is 9.62 Å². The van der Waals surface area contributed by atoms with Crippen molar-refractivity contribution in [3.63, 3.8) is 0 Å². The molecule has 1 fully saturated rings. The molecule has 0 saturated carbocycles. The van der Waals surface area contributed by atoms with Crippen molar-refractivity contribution in [2.45, 2.75) is 23.8 Å². The molecule has 0 aromatic heterocycles. The number of nitrogens with one attached hydrogen (secondary N) is 1. The van der Waals surface area contributed by atoms with E-state index in [0.29, 0.717) is 5.56 Å². The Labute approximate surface area is 125 Å². The molecule has 1 N–H and O–H groups in total. The zero-order valence-corrected chi connectivity index (χ0v) is 13.0. The van der Waals surface area contributed by atoms with Crippen molar-refractivity contribution < 1.29 is 17.9 Å². The number of hydrogen-bond donors (Lipinski definition) is 1. The minimum absolute atomic E-state index is 0.0357. The summed E-state index contributed by atoms with van der Waals surface area (Å²) in [5, 5.41) is 0. The second kappa shape index (κ2) is 6.55. The minimum Gasteiger partial charge on any atom is -0.465 e. The van der Waals surface area contributed by atoms with Gasteiger partial charge in [0, 0.05) is 6.04 Å². The number of rotatable bonds is 4. The molecule has 1 heterocycles. The first kappa shape index (κ1) is 15.9. The Bertz CT molecular complexity index is 590. The number of likely N-dealkylation sites (tertiary alicyclic amines) is 1. The van der Waals surface area contributed by atoms with Crippen molar-refractivity contribution in [1.29, 1.82) is 0 Å². The molecule has 1 aromatic carbocycles. The van der Waals surface area contributed by atoms with Gasteiger partial charge in [-0.1, -0.05) is 0 Å². The van der Waals surface area contributed by atoms with Crippen LogP contribution in [0.4, 0.5) is 0 Å². The van der Waals surface area contributed by atoms with E-state index < -0.39 is 16.0 Å². The first-order valence-corrected chi connectivity index (χ1v) is 8.30. The van der Waals surface area contributed by atoms with Crippen LogP contribution < -0.4 is 4.72 Å². The van der Waals surface area contributed by atoms with Crippen LogP contribution in [0.2, 0.25) is 0 Å². The van der Waals surface area contributed by atoms with E-state index in [2.05, 4.69) is 14.4 Å². The molecule has 1 aliphatic heterocycles. The second-order valence-corrected chi connectivity index (χ2v) is 6.93. The van der Waals surface area contributed by atoms with Gasteiger partial charge >= 0.3 is 5.97 Å². The largest absolute Gasteiger partial charge is 0.465 e. The molecule has 0 amide bonds. The van der Waals surface area contributed by atoms with E-state index in [9.17, 15) is 13.2 Å². The first-order chi connectivity index (χ1) is 9.92. The van der Waals surface area contributed by atoms with Gasteiger partial charge in [0.15, 0.2) is 0 Å². The number of benzene rings is 1. The summed E-state index contributed by atoms with van der Waals surface area (Å²) in [6, 6.07) is 5.71. The van der Waals surface area contributed by atoms with E-state index in [1.807, 2.05) is 7.05 Å². The van der Waals surface area contributed by atoms with Crippen LogP contribution in [0, 0.1) is 0 Å². The lowest BCUT2D eigenvalue weighted by Gasteiger charge is -2.29. The zero-order valence-electron chi connectivity index (χ0n) is 12.2. The molecule has 1 saturated heterocycles. The van der Waals surface area contributed by atoms with Crippen LogP contribution in [0.5, 0.6) is 0 Å². The Morgan fingerprint density at radius 3 is 2.33 bits per heavy atom. The van der Waals surface area contributed by atoms with Crippen LogP contribution in [-0.4, -0.2) is 52.6 Å². The highest BCUT2D eigenvalue weighted by molar-refractivity contribution is 7.89. The average molecular weight is 312 g/mol. The summed E-state index contributed by atoms with van der Waals surface area (Å²) < 4.78 is 31.9. The Morgan fingerprint density at radius 1 is 1.24 bits per heavy atom. The summed E-state index contributed by atoms with van der Waals surface area (Å²) in [6.07, 6.45) is 1.60. The Morgan fingerprint density at radius 2 is 1.81 bits per heavy atom. The van der Waals surface area contributed by atoms with Gasteiger partial charge in [0.1, 0.15) is 0 Å². The number of methoxy groups -OCH3 is 1. The lowest BCUT2D eigenvalue weighted by molar-refractivity contribution is 0.0600. The van der Waals surface area contributed by atoms with Crippen LogP contribution in [0.1, 0.15) is 23.2 Å².